The van der Waals surface area contributed by atoms with Gasteiger partial charge in [-0.15, -0.1) is 0 Å². The second-order valence-electron chi connectivity index (χ2n) is 4.85. The monoisotopic (exact) mass is 317 g/mol. The Morgan fingerprint density at radius 2 is 2.26 bits per heavy atom. The molecule has 9 nitrogen and oxygen atoms in total. The van der Waals surface area contributed by atoms with Gasteiger partial charge in [0.1, 0.15) is 12.7 Å². The number of rotatable bonds is 4. The van der Waals surface area contributed by atoms with Gasteiger partial charge in [0.05, 0.1) is 17.3 Å². The number of hydrazine groups is 2. The largest absolute Gasteiger partial charge is 0.570 e. The Morgan fingerprint density at radius 3 is 3.00 bits per heavy atom. The molecule has 0 fully saturated rings. The van der Waals surface area contributed by atoms with E-state index in [0.29, 0.717) is 16.2 Å². The Balaban J connectivity index is 1.94. The summed E-state index contributed by atoms with van der Waals surface area (Å²) in [5, 5.41) is 16.5. The molecule has 1 aromatic carbocycles. The van der Waals surface area contributed by atoms with E-state index in [1.807, 2.05) is 0 Å². The maximum Gasteiger partial charge on any atom is 0.326 e. The third-order valence-corrected chi connectivity index (χ3v) is 3.49. The highest BCUT2D eigenvalue weighted by atomic mass is 16.6. The zero-order valence-corrected chi connectivity index (χ0v) is 12.4. The van der Waals surface area contributed by atoms with Gasteiger partial charge in [-0.3, -0.25) is 19.9 Å². The van der Waals surface area contributed by atoms with Crippen molar-refractivity contribution in [2.45, 2.75) is 13.0 Å². The summed E-state index contributed by atoms with van der Waals surface area (Å²) < 4.78 is 4.91. The van der Waals surface area contributed by atoms with E-state index in [0.717, 1.165) is 5.12 Å². The van der Waals surface area contributed by atoms with Crippen LogP contribution >= 0.6 is 0 Å². The molecule has 0 saturated heterocycles. The molecule has 0 aliphatic carbocycles. The van der Waals surface area contributed by atoms with E-state index in [-0.39, 0.29) is 13.2 Å². The highest BCUT2D eigenvalue weighted by Crippen LogP contribution is 2.38. The van der Waals surface area contributed by atoms with Crippen molar-refractivity contribution in [3.05, 3.63) is 47.4 Å². The first-order valence-corrected chi connectivity index (χ1v) is 7.07. The lowest BCUT2D eigenvalue weighted by molar-refractivity contribution is -0.711. The van der Waals surface area contributed by atoms with Crippen LogP contribution in [0.5, 0.6) is 0 Å². The lowest BCUT2D eigenvalue weighted by atomic mass is 10.1. The molecule has 0 aromatic heterocycles. The van der Waals surface area contributed by atoms with Gasteiger partial charge < -0.3 is 9.94 Å². The minimum atomic E-state index is -0.910. The lowest BCUT2D eigenvalue weighted by Gasteiger charge is -2.24. The van der Waals surface area contributed by atoms with Crippen LogP contribution < -0.4 is 10.3 Å². The first-order chi connectivity index (χ1) is 11.1. The van der Waals surface area contributed by atoms with Crippen LogP contribution in [0.4, 0.5) is 5.69 Å². The zero-order valence-electron chi connectivity index (χ0n) is 12.4. The summed E-state index contributed by atoms with van der Waals surface area (Å²) in [4.78, 5) is 26.1. The number of amides is 1. The smallest absolute Gasteiger partial charge is 0.326 e. The van der Waals surface area contributed by atoms with Crippen LogP contribution in [0.3, 0.4) is 0 Å². The minimum Gasteiger partial charge on any atom is -0.570 e. The number of nitrogens with one attached hydrogen (secondary N) is 1. The summed E-state index contributed by atoms with van der Waals surface area (Å²) in [7, 11) is 0. The van der Waals surface area contributed by atoms with Gasteiger partial charge in [-0.1, -0.05) is 18.2 Å². The number of anilines is 1. The Kier molecular flexibility index (Phi) is 3.83. The van der Waals surface area contributed by atoms with Gasteiger partial charge >= 0.3 is 5.97 Å². The molecule has 1 unspecified atom stereocenters. The van der Waals surface area contributed by atoms with Crippen molar-refractivity contribution in [1.82, 2.24) is 10.5 Å². The van der Waals surface area contributed by atoms with Gasteiger partial charge in [0.15, 0.2) is 0 Å². The molecule has 1 amide bonds. The third-order valence-electron chi connectivity index (χ3n) is 3.49. The fraction of sp³-hybridized carbons (Fsp3) is 0.286. The molecule has 1 N–H and O–H groups in total. The van der Waals surface area contributed by atoms with E-state index in [2.05, 4.69) is 10.5 Å². The summed E-state index contributed by atoms with van der Waals surface area (Å²) in [6.45, 7) is 1.72. The van der Waals surface area contributed by atoms with Crippen molar-refractivity contribution in [3.63, 3.8) is 0 Å². The van der Waals surface area contributed by atoms with Crippen LogP contribution in [-0.2, 0) is 14.3 Å². The Morgan fingerprint density at radius 1 is 1.48 bits per heavy atom. The van der Waals surface area contributed by atoms with E-state index in [1.165, 1.54) is 17.3 Å². The average Bonchev–Trinajstić information content (AvgIpc) is 2.81. The SMILES string of the molecule is CCOC(=O)CN1C(=O)C(N2NC=CN=[N+]2[O-])c2ccccc21. The van der Waals surface area contributed by atoms with E-state index < -0.39 is 17.9 Å². The van der Waals surface area contributed by atoms with Gasteiger partial charge in [0.2, 0.25) is 6.04 Å². The normalized spacial score (nSPS) is 19.3. The first-order valence-electron chi connectivity index (χ1n) is 7.07. The molecule has 3 rings (SSSR count). The van der Waals surface area contributed by atoms with Gasteiger partial charge in [0, 0.05) is 16.9 Å². The molecule has 0 saturated carbocycles. The van der Waals surface area contributed by atoms with Crippen molar-refractivity contribution in [2.75, 3.05) is 18.1 Å². The molecule has 2 aliphatic heterocycles. The van der Waals surface area contributed by atoms with Crippen molar-refractivity contribution in [1.29, 1.82) is 0 Å². The molecule has 0 radical (unpaired) electrons. The zero-order chi connectivity index (χ0) is 16.4. The van der Waals surface area contributed by atoms with Crippen LogP contribution in [-0.4, -0.2) is 35.1 Å². The number of carbonyl (C=O) groups excluding carboxylic acids is 2. The van der Waals surface area contributed by atoms with Gasteiger partial charge in [-0.25, -0.2) is 0 Å². The van der Waals surface area contributed by atoms with Gasteiger partial charge in [-0.05, 0) is 18.1 Å². The first kappa shape index (κ1) is 14.8. The molecule has 120 valence electrons. The van der Waals surface area contributed by atoms with Crippen molar-refractivity contribution >= 4 is 17.6 Å². The minimum absolute atomic E-state index is 0.208. The number of carbonyl (C=O) groups is 2. The lowest BCUT2D eigenvalue weighted by Crippen LogP contribution is -2.48. The molecular formula is C14H15N5O4. The number of para-hydroxylation sites is 1. The summed E-state index contributed by atoms with van der Waals surface area (Å²) in [5.74, 6) is -0.912. The maximum atomic E-state index is 12.8. The number of ether oxygens (including phenoxy) is 1. The predicted molar refractivity (Wildman–Crippen MR) is 78.3 cm³/mol. The summed E-state index contributed by atoms with van der Waals surface area (Å²) >= 11 is 0. The van der Waals surface area contributed by atoms with Crippen molar-refractivity contribution < 1.29 is 19.3 Å². The van der Waals surface area contributed by atoms with Crippen molar-refractivity contribution in [3.8, 4) is 0 Å². The summed E-state index contributed by atoms with van der Waals surface area (Å²) in [6, 6.07) is 6.07. The molecule has 23 heavy (non-hydrogen) atoms. The molecule has 0 spiro atoms. The van der Waals surface area contributed by atoms with E-state index >= 15 is 0 Å². The van der Waals surface area contributed by atoms with E-state index in [1.54, 1.807) is 31.2 Å². The highest BCUT2D eigenvalue weighted by molar-refractivity contribution is 6.07. The summed E-state index contributed by atoms with van der Waals surface area (Å²) in [5.41, 5.74) is 3.87. The Bertz CT molecular complexity index is 702. The fourth-order valence-electron chi connectivity index (χ4n) is 2.58. The average molecular weight is 317 g/mol. The number of hydrogen-bond donors (Lipinski definition) is 1. The van der Waals surface area contributed by atoms with Crippen LogP contribution in [0.15, 0.2) is 41.8 Å². The molecule has 0 bridgehead atoms. The topological polar surface area (TPSA) is 100 Å². The number of fused-ring (bicyclic) bond motifs is 1. The predicted octanol–water partition coefficient (Wildman–Crippen LogP) is 0.806. The molecular weight excluding hydrogens is 302 g/mol. The highest BCUT2D eigenvalue weighted by Gasteiger charge is 2.46. The molecule has 2 aliphatic rings. The molecule has 2 heterocycles. The summed E-state index contributed by atoms with van der Waals surface area (Å²) in [6.07, 6.45) is 2.73. The number of esters is 1. The number of benzene rings is 1. The van der Waals surface area contributed by atoms with Crippen LogP contribution in [0.2, 0.25) is 0 Å². The molecule has 1 aromatic rings. The standard InChI is InChI=1S/C14H15N5O4/c1-2-23-12(20)9-17-11-6-4-3-5-10(11)13(14(17)21)18-15-7-8-16-19(18)22/h3-8,13,15H,2,9H2,1H3. The molecule has 9 heteroatoms. The Hall–Kier alpha value is -3.10. The van der Waals surface area contributed by atoms with Gasteiger partial charge in [0.25, 0.3) is 5.91 Å². The quantitative estimate of drug-likeness (QED) is 0.501. The maximum absolute atomic E-state index is 12.8. The second-order valence-corrected chi connectivity index (χ2v) is 4.85. The van der Waals surface area contributed by atoms with E-state index in [9.17, 15) is 14.8 Å². The van der Waals surface area contributed by atoms with Gasteiger partial charge in [-0.2, -0.15) is 0 Å². The number of hydrogen-bond acceptors (Lipinski definition) is 7. The fourth-order valence-corrected chi connectivity index (χ4v) is 2.58. The van der Waals surface area contributed by atoms with Crippen molar-refractivity contribution in [2.24, 2.45) is 5.11 Å². The van der Waals surface area contributed by atoms with Crippen LogP contribution in [0.25, 0.3) is 0 Å². The number of nitrogens with zero attached hydrogens (tertiary/aromatic N) is 4. The van der Waals surface area contributed by atoms with Crippen LogP contribution in [0, 0.1) is 5.21 Å². The molecule has 1 atom stereocenters. The third kappa shape index (κ3) is 2.56. The van der Waals surface area contributed by atoms with E-state index in [4.69, 9.17) is 4.74 Å². The second kappa shape index (κ2) is 5.95. The Labute approximate surface area is 132 Å². The van der Waals surface area contributed by atoms with Crippen LogP contribution in [0.1, 0.15) is 18.5 Å².